The lowest BCUT2D eigenvalue weighted by Gasteiger charge is -2.17. The Morgan fingerprint density at radius 2 is 2.20 bits per heavy atom. The zero-order chi connectivity index (χ0) is 14.1. The predicted octanol–water partition coefficient (Wildman–Crippen LogP) is 3.41. The lowest BCUT2D eigenvalue weighted by Crippen LogP contribution is -2.15. The third kappa shape index (κ3) is 2.19. The van der Waals surface area contributed by atoms with Gasteiger partial charge < -0.3 is 4.74 Å². The van der Waals surface area contributed by atoms with Gasteiger partial charge in [-0.05, 0) is 24.5 Å². The van der Waals surface area contributed by atoms with E-state index >= 15 is 0 Å². The second kappa shape index (κ2) is 5.27. The molecule has 4 nitrogen and oxygen atoms in total. The summed E-state index contributed by atoms with van der Waals surface area (Å²) in [5, 5.41) is 4.75. The molecular formula is C16H21N3O. The minimum Gasteiger partial charge on any atom is -0.478 e. The highest BCUT2D eigenvalue weighted by Gasteiger charge is 2.24. The maximum Gasteiger partial charge on any atom is 0.215 e. The van der Waals surface area contributed by atoms with Crippen molar-refractivity contribution in [3.63, 3.8) is 0 Å². The van der Waals surface area contributed by atoms with E-state index in [9.17, 15) is 0 Å². The molecule has 0 amide bonds. The molecule has 0 saturated carbocycles. The first-order valence-corrected chi connectivity index (χ1v) is 7.39. The van der Waals surface area contributed by atoms with Crippen molar-refractivity contribution in [2.24, 2.45) is 0 Å². The van der Waals surface area contributed by atoms with Gasteiger partial charge in [-0.2, -0.15) is 5.10 Å². The Kier molecular flexibility index (Phi) is 3.47. The van der Waals surface area contributed by atoms with Crippen LogP contribution in [-0.4, -0.2) is 21.4 Å². The van der Waals surface area contributed by atoms with E-state index < -0.39 is 0 Å². The molecule has 2 aromatic heterocycles. The van der Waals surface area contributed by atoms with Crippen LogP contribution in [0.4, 0.5) is 0 Å². The van der Waals surface area contributed by atoms with Crippen molar-refractivity contribution in [3.8, 4) is 17.1 Å². The highest BCUT2D eigenvalue weighted by atomic mass is 16.5. The molecule has 0 atom stereocenters. The lowest BCUT2D eigenvalue weighted by atomic mass is 9.99. The van der Waals surface area contributed by atoms with Crippen molar-refractivity contribution in [1.29, 1.82) is 0 Å². The van der Waals surface area contributed by atoms with Crippen molar-refractivity contribution in [1.82, 2.24) is 14.8 Å². The summed E-state index contributed by atoms with van der Waals surface area (Å²) in [5.41, 5.74) is 4.42. The van der Waals surface area contributed by atoms with E-state index in [1.165, 1.54) is 5.56 Å². The van der Waals surface area contributed by atoms with Gasteiger partial charge in [0.25, 0.3) is 0 Å². The third-order valence-electron chi connectivity index (χ3n) is 3.73. The van der Waals surface area contributed by atoms with E-state index in [0.717, 1.165) is 48.8 Å². The Balaban J connectivity index is 2.09. The van der Waals surface area contributed by atoms with Crippen molar-refractivity contribution in [2.45, 2.75) is 46.1 Å². The van der Waals surface area contributed by atoms with Crippen LogP contribution in [0.25, 0.3) is 11.3 Å². The van der Waals surface area contributed by atoms with Crippen molar-refractivity contribution in [3.05, 3.63) is 29.6 Å². The summed E-state index contributed by atoms with van der Waals surface area (Å²) in [7, 11) is 0. The average molecular weight is 271 g/mol. The fourth-order valence-corrected chi connectivity index (χ4v) is 2.65. The Labute approximate surface area is 119 Å². The number of rotatable bonds is 3. The Morgan fingerprint density at radius 1 is 1.35 bits per heavy atom. The monoisotopic (exact) mass is 271 g/mol. The molecule has 4 heteroatoms. The van der Waals surface area contributed by atoms with Crippen molar-refractivity contribution in [2.75, 3.05) is 6.61 Å². The first-order valence-electron chi connectivity index (χ1n) is 7.39. The normalized spacial score (nSPS) is 14.2. The zero-order valence-corrected chi connectivity index (χ0v) is 12.4. The molecule has 1 aliphatic heterocycles. The summed E-state index contributed by atoms with van der Waals surface area (Å²) in [6.07, 6.45) is 3.91. The molecule has 2 aromatic rings. The average Bonchev–Trinajstić information content (AvgIpc) is 2.86. The first-order chi connectivity index (χ1) is 9.70. The van der Waals surface area contributed by atoms with Crippen molar-refractivity contribution < 1.29 is 4.74 Å². The van der Waals surface area contributed by atoms with Gasteiger partial charge in [0, 0.05) is 36.0 Å². The molecule has 0 spiro atoms. The molecule has 20 heavy (non-hydrogen) atoms. The molecule has 0 aromatic carbocycles. The standard InChI is InChI=1S/C16H21N3O/c1-4-13-7-6-12(10-17-13)15-14(11(2)3)16-19(18-15)8-5-9-20-16/h6-7,10-11H,4-5,8-9H2,1-3H3. The summed E-state index contributed by atoms with van der Waals surface area (Å²) in [6, 6.07) is 4.20. The minimum atomic E-state index is 0.387. The van der Waals surface area contributed by atoms with E-state index in [0.29, 0.717) is 5.92 Å². The second-order valence-corrected chi connectivity index (χ2v) is 5.54. The predicted molar refractivity (Wildman–Crippen MR) is 79.0 cm³/mol. The van der Waals surface area contributed by atoms with Crippen LogP contribution in [0.15, 0.2) is 18.3 Å². The van der Waals surface area contributed by atoms with Gasteiger partial charge in [-0.15, -0.1) is 0 Å². The van der Waals surface area contributed by atoms with E-state index in [2.05, 4.69) is 37.9 Å². The second-order valence-electron chi connectivity index (χ2n) is 5.54. The Bertz CT molecular complexity index is 599. The first kappa shape index (κ1) is 13.2. The van der Waals surface area contributed by atoms with Crippen LogP contribution < -0.4 is 4.74 Å². The molecule has 0 saturated heterocycles. The maximum atomic E-state index is 5.84. The van der Waals surface area contributed by atoms with E-state index in [-0.39, 0.29) is 0 Å². The van der Waals surface area contributed by atoms with Gasteiger partial charge in [-0.1, -0.05) is 20.8 Å². The summed E-state index contributed by atoms with van der Waals surface area (Å²) in [6.45, 7) is 8.22. The van der Waals surface area contributed by atoms with Gasteiger partial charge in [0.15, 0.2) is 0 Å². The number of aromatic nitrogens is 3. The summed E-state index contributed by atoms with van der Waals surface area (Å²) < 4.78 is 7.84. The SMILES string of the molecule is CCc1ccc(-c2nn3c(c2C(C)C)OCCC3)cn1. The summed E-state index contributed by atoms with van der Waals surface area (Å²) >= 11 is 0. The number of hydrogen-bond acceptors (Lipinski definition) is 3. The highest BCUT2D eigenvalue weighted by molar-refractivity contribution is 5.65. The minimum absolute atomic E-state index is 0.387. The number of pyridine rings is 1. The molecule has 0 fully saturated rings. The molecule has 1 aliphatic rings. The Morgan fingerprint density at radius 3 is 2.85 bits per heavy atom. The van der Waals surface area contributed by atoms with Gasteiger partial charge in [0.1, 0.15) is 5.69 Å². The molecule has 0 bridgehead atoms. The van der Waals surface area contributed by atoms with Gasteiger partial charge in [0.2, 0.25) is 5.88 Å². The third-order valence-corrected chi connectivity index (χ3v) is 3.73. The van der Waals surface area contributed by atoms with E-state index in [1.54, 1.807) is 0 Å². The summed E-state index contributed by atoms with van der Waals surface area (Å²) in [5.74, 6) is 1.33. The van der Waals surface area contributed by atoms with Crippen LogP contribution in [0.2, 0.25) is 0 Å². The van der Waals surface area contributed by atoms with Crippen molar-refractivity contribution >= 4 is 0 Å². The fourth-order valence-electron chi connectivity index (χ4n) is 2.65. The number of hydrogen-bond donors (Lipinski definition) is 0. The maximum absolute atomic E-state index is 5.84. The van der Waals surface area contributed by atoms with Gasteiger partial charge in [-0.3, -0.25) is 4.98 Å². The molecular weight excluding hydrogens is 250 g/mol. The number of fused-ring (bicyclic) bond motifs is 1. The van der Waals surface area contributed by atoms with E-state index in [1.807, 2.05) is 10.9 Å². The van der Waals surface area contributed by atoms with Gasteiger partial charge in [0.05, 0.1) is 6.61 Å². The highest BCUT2D eigenvalue weighted by Crippen LogP contribution is 2.37. The van der Waals surface area contributed by atoms with Gasteiger partial charge >= 0.3 is 0 Å². The fraction of sp³-hybridized carbons (Fsp3) is 0.500. The van der Waals surface area contributed by atoms with Crippen LogP contribution in [-0.2, 0) is 13.0 Å². The van der Waals surface area contributed by atoms with Crippen LogP contribution in [0.5, 0.6) is 5.88 Å². The number of ether oxygens (including phenoxy) is 1. The molecule has 3 heterocycles. The Hall–Kier alpha value is -1.84. The molecule has 3 rings (SSSR count). The number of aryl methyl sites for hydroxylation is 2. The summed E-state index contributed by atoms with van der Waals surface area (Å²) in [4.78, 5) is 4.49. The quantitative estimate of drug-likeness (QED) is 0.858. The smallest absolute Gasteiger partial charge is 0.215 e. The zero-order valence-electron chi connectivity index (χ0n) is 12.4. The molecule has 0 unspecified atom stereocenters. The molecule has 0 radical (unpaired) electrons. The molecule has 106 valence electrons. The molecule has 0 N–H and O–H groups in total. The largest absolute Gasteiger partial charge is 0.478 e. The van der Waals surface area contributed by atoms with Crippen LogP contribution >= 0.6 is 0 Å². The van der Waals surface area contributed by atoms with Crippen LogP contribution in [0.1, 0.15) is 44.4 Å². The topological polar surface area (TPSA) is 39.9 Å². The number of nitrogens with zero attached hydrogens (tertiary/aromatic N) is 3. The van der Waals surface area contributed by atoms with E-state index in [4.69, 9.17) is 9.84 Å². The van der Waals surface area contributed by atoms with Gasteiger partial charge in [-0.25, -0.2) is 4.68 Å². The molecule has 0 aliphatic carbocycles. The lowest BCUT2D eigenvalue weighted by molar-refractivity contribution is 0.227. The van der Waals surface area contributed by atoms with Crippen LogP contribution in [0, 0.1) is 0 Å². The van der Waals surface area contributed by atoms with Crippen LogP contribution in [0.3, 0.4) is 0 Å².